The number of aryl methyl sites for hydroxylation is 1. The summed E-state index contributed by atoms with van der Waals surface area (Å²) >= 11 is 5.98. The van der Waals surface area contributed by atoms with E-state index in [1.165, 1.54) is 6.07 Å². The van der Waals surface area contributed by atoms with Crippen LogP contribution in [0.1, 0.15) is 22.9 Å². The number of hydrogen-bond acceptors (Lipinski definition) is 2. The van der Waals surface area contributed by atoms with E-state index in [9.17, 15) is 4.39 Å². The van der Waals surface area contributed by atoms with Gasteiger partial charge in [-0.15, -0.1) is 0 Å². The lowest BCUT2D eigenvalue weighted by molar-refractivity contribution is 0.578. The molecule has 2 aromatic rings. The van der Waals surface area contributed by atoms with Crippen LogP contribution in [0, 0.1) is 12.7 Å². The number of aromatic nitrogens is 1. The molecule has 1 aromatic heterocycles. The molecule has 4 heteroatoms. The summed E-state index contributed by atoms with van der Waals surface area (Å²) in [6, 6.07) is 7.93. The number of nitrogens with zero attached hydrogens (tertiary/aromatic N) is 1. The summed E-state index contributed by atoms with van der Waals surface area (Å²) in [4.78, 5) is 4.26. The second-order valence-electron chi connectivity index (χ2n) is 4.27. The molecule has 0 radical (unpaired) electrons. The Hall–Kier alpha value is -1.45. The third-order valence-corrected chi connectivity index (χ3v) is 3.10. The van der Waals surface area contributed by atoms with Crippen LogP contribution in [0.5, 0.6) is 0 Å². The highest BCUT2D eigenvalue weighted by molar-refractivity contribution is 6.31. The zero-order valence-electron chi connectivity index (χ0n) is 10.0. The number of nitrogens with two attached hydrogens (primary N) is 1. The predicted octanol–water partition coefficient (Wildman–Crippen LogP) is 3.43. The Morgan fingerprint density at radius 3 is 2.72 bits per heavy atom. The fourth-order valence-electron chi connectivity index (χ4n) is 1.81. The molecule has 2 nitrogen and oxygen atoms in total. The van der Waals surface area contributed by atoms with Crippen molar-refractivity contribution in [3.8, 4) is 0 Å². The molecule has 94 valence electrons. The van der Waals surface area contributed by atoms with Crippen LogP contribution in [0.25, 0.3) is 0 Å². The monoisotopic (exact) mass is 264 g/mol. The fraction of sp³-hybridized carbons (Fsp3) is 0.214. The molecule has 0 saturated carbocycles. The van der Waals surface area contributed by atoms with Gasteiger partial charge in [-0.3, -0.25) is 4.98 Å². The van der Waals surface area contributed by atoms with E-state index in [2.05, 4.69) is 4.98 Å². The second kappa shape index (κ2) is 5.46. The summed E-state index contributed by atoms with van der Waals surface area (Å²) in [5, 5.41) is 0.356. The van der Waals surface area contributed by atoms with Crippen LogP contribution in [0.4, 0.5) is 4.39 Å². The van der Waals surface area contributed by atoms with Gasteiger partial charge in [0, 0.05) is 34.9 Å². The quantitative estimate of drug-likeness (QED) is 0.923. The Morgan fingerprint density at radius 1 is 1.33 bits per heavy atom. The third kappa shape index (κ3) is 2.86. The summed E-state index contributed by atoms with van der Waals surface area (Å²) < 4.78 is 13.7. The number of pyridine rings is 1. The van der Waals surface area contributed by atoms with Crippen LogP contribution < -0.4 is 5.73 Å². The highest BCUT2D eigenvalue weighted by atomic mass is 35.5. The average Bonchev–Trinajstić information content (AvgIpc) is 2.32. The Bertz CT molecular complexity index is 520. The van der Waals surface area contributed by atoms with E-state index < -0.39 is 6.04 Å². The normalized spacial score (nSPS) is 12.4. The van der Waals surface area contributed by atoms with E-state index in [-0.39, 0.29) is 5.82 Å². The lowest BCUT2D eigenvalue weighted by atomic mass is 10.0. The summed E-state index contributed by atoms with van der Waals surface area (Å²) in [6.07, 6.45) is 2.23. The maximum atomic E-state index is 13.7. The first kappa shape index (κ1) is 13.0. The minimum atomic E-state index is -0.492. The molecule has 0 saturated heterocycles. The minimum absolute atomic E-state index is 0.349. The van der Waals surface area contributed by atoms with Crippen molar-refractivity contribution in [2.24, 2.45) is 5.73 Å². The van der Waals surface area contributed by atoms with Crippen molar-refractivity contribution < 1.29 is 4.39 Å². The van der Waals surface area contributed by atoms with Gasteiger partial charge in [-0.25, -0.2) is 4.39 Å². The molecule has 0 fully saturated rings. The maximum Gasteiger partial charge on any atom is 0.129 e. The molecule has 0 aliphatic carbocycles. The van der Waals surface area contributed by atoms with Crippen LogP contribution in [0.3, 0.4) is 0 Å². The molecule has 0 amide bonds. The van der Waals surface area contributed by atoms with Crippen molar-refractivity contribution in [1.82, 2.24) is 4.98 Å². The molecule has 0 bridgehead atoms. The van der Waals surface area contributed by atoms with Crippen molar-refractivity contribution in [3.63, 3.8) is 0 Å². The molecule has 1 atom stereocenters. The summed E-state index contributed by atoms with van der Waals surface area (Å²) in [7, 11) is 0. The average molecular weight is 265 g/mol. The van der Waals surface area contributed by atoms with Crippen molar-refractivity contribution in [1.29, 1.82) is 0 Å². The number of rotatable bonds is 3. The Kier molecular flexibility index (Phi) is 3.94. The maximum absolute atomic E-state index is 13.7. The molecule has 1 unspecified atom stereocenters. The van der Waals surface area contributed by atoms with E-state index in [0.717, 1.165) is 11.3 Å². The van der Waals surface area contributed by atoms with Gasteiger partial charge < -0.3 is 5.73 Å². The molecule has 0 aliphatic rings. The second-order valence-corrected chi connectivity index (χ2v) is 4.68. The standard InChI is InChI=1S/C14H14ClFN2/c1-9-5-6-10(18-8-9)7-13(17)14-11(15)3-2-4-12(14)16/h2-6,8,13H,7,17H2,1H3. The molecule has 0 spiro atoms. The highest BCUT2D eigenvalue weighted by Gasteiger charge is 2.16. The first-order valence-corrected chi connectivity index (χ1v) is 6.06. The Morgan fingerprint density at radius 2 is 2.11 bits per heavy atom. The van der Waals surface area contributed by atoms with E-state index >= 15 is 0 Å². The van der Waals surface area contributed by atoms with Crippen molar-refractivity contribution >= 4 is 11.6 Å². The molecular formula is C14H14ClFN2. The van der Waals surface area contributed by atoms with E-state index in [1.54, 1.807) is 18.3 Å². The van der Waals surface area contributed by atoms with E-state index in [1.807, 2.05) is 19.1 Å². The molecule has 2 rings (SSSR count). The largest absolute Gasteiger partial charge is 0.323 e. The minimum Gasteiger partial charge on any atom is -0.323 e. The Balaban J connectivity index is 2.22. The van der Waals surface area contributed by atoms with Crippen LogP contribution in [0.15, 0.2) is 36.5 Å². The summed E-state index contributed by atoms with van der Waals surface area (Å²) in [5.41, 5.74) is 8.26. The molecule has 1 heterocycles. The van der Waals surface area contributed by atoms with Gasteiger partial charge in [-0.2, -0.15) is 0 Å². The first-order chi connectivity index (χ1) is 8.58. The number of benzene rings is 1. The first-order valence-electron chi connectivity index (χ1n) is 5.69. The number of hydrogen-bond donors (Lipinski definition) is 1. The van der Waals surface area contributed by atoms with Crippen molar-refractivity contribution in [3.05, 3.63) is 64.2 Å². The van der Waals surface area contributed by atoms with Crippen molar-refractivity contribution in [2.45, 2.75) is 19.4 Å². The third-order valence-electron chi connectivity index (χ3n) is 2.77. The number of halogens is 2. The van der Waals surface area contributed by atoms with Crippen LogP contribution in [-0.4, -0.2) is 4.98 Å². The van der Waals surface area contributed by atoms with E-state index in [4.69, 9.17) is 17.3 Å². The van der Waals surface area contributed by atoms with Gasteiger partial charge in [-0.1, -0.05) is 23.7 Å². The molecular weight excluding hydrogens is 251 g/mol. The summed E-state index contributed by atoms with van der Waals surface area (Å²) in [6.45, 7) is 1.96. The molecule has 1 aromatic carbocycles. The van der Waals surface area contributed by atoms with Crippen LogP contribution >= 0.6 is 11.6 Å². The smallest absolute Gasteiger partial charge is 0.129 e. The van der Waals surface area contributed by atoms with Gasteiger partial charge >= 0.3 is 0 Å². The topological polar surface area (TPSA) is 38.9 Å². The lowest BCUT2D eigenvalue weighted by Gasteiger charge is -2.14. The predicted molar refractivity (Wildman–Crippen MR) is 71.0 cm³/mol. The van der Waals surface area contributed by atoms with Gasteiger partial charge in [-0.05, 0) is 30.7 Å². The molecule has 18 heavy (non-hydrogen) atoms. The van der Waals surface area contributed by atoms with Gasteiger partial charge in [0.25, 0.3) is 0 Å². The van der Waals surface area contributed by atoms with Crippen LogP contribution in [0.2, 0.25) is 5.02 Å². The van der Waals surface area contributed by atoms with Crippen molar-refractivity contribution in [2.75, 3.05) is 0 Å². The fourth-order valence-corrected chi connectivity index (χ4v) is 2.11. The highest BCUT2D eigenvalue weighted by Crippen LogP contribution is 2.26. The SMILES string of the molecule is Cc1ccc(CC(N)c2c(F)cccc2Cl)nc1. The van der Waals surface area contributed by atoms with Crippen LogP contribution in [-0.2, 0) is 6.42 Å². The van der Waals surface area contributed by atoms with Gasteiger partial charge in [0.05, 0.1) is 0 Å². The lowest BCUT2D eigenvalue weighted by Crippen LogP contribution is -2.16. The molecule has 0 aliphatic heterocycles. The van der Waals surface area contributed by atoms with Gasteiger partial charge in [0.1, 0.15) is 5.82 Å². The van der Waals surface area contributed by atoms with E-state index in [0.29, 0.717) is 17.0 Å². The van der Waals surface area contributed by atoms with Gasteiger partial charge in [0.15, 0.2) is 0 Å². The zero-order valence-corrected chi connectivity index (χ0v) is 10.8. The summed E-state index contributed by atoms with van der Waals surface area (Å²) in [5.74, 6) is -0.373. The zero-order chi connectivity index (χ0) is 13.1. The Labute approximate surface area is 111 Å². The van der Waals surface area contributed by atoms with Gasteiger partial charge in [0.2, 0.25) is 0 Å². The molecule has 2 N–H and O–H groups in total.